The van der Waals surface area contributed by atoms with Crippen LogP contribution < -0.4 is 5.73 Å². The van der Waals surface area contributed by atoms with Gasteiger partial charge in [0.05, 0.1) is 0 Å². The first-order valence-electron chi connectivity index (χ1n) is 1.80. The normalized spacial score (nSPS) is 15.5. The quantitative estimate of drug-likeness (QED) is 0.262. The van der Waals surface area contributed by atoms with Gasteiger partial charge in [-0.15, -0.1) is 0 Å². The van der Waals surface area contributed by atoms with Crippen LogP contribution in [0.5, 0.6) is 0 Å². The smallest absolute Gasteiger partial charge is 0.190 e. The Bertz CT molecular complexity index is 107. The van der Waals surface area contributed by atoms with Crippen molar-refractivity contribution >= 4 is 34.7 Å². The van der Waals surface area contributed by atoms with Gasteiger partial charge in [0, 0.05) is 6.21 Å². The highest BCUT2D eigenvalue weighted by atomic mass is 35.5. The second kappa shape index (κ2) is 3.69. The van der Waals surface area contributed by atoms with Crippen molar-refractivity contribution in [3.8, 4) is 0 Å². The molecule has 0 aliphatic heterocycles. The summed E-state index contributed by atoms with van der Waals surface area (Å²) in [5.74, 6) is 0. The predicted octanol–water partition coefficient (Wildman–Crippen LogP) is 0.754. The van der Waals surface area contributed by atoms with E-state index < -0.39 is 5.50 Å². The molecule has 5 heteroatoms. The fourth-order valence-electron chi connectivity index (χ4n) is 0.155. The van der Waals surface area contributed by atoms with Gasteiger partial charge in [-0.1, -0.05) is 11.6 Å². The van der Waals surface area contributed by atoms with Gasteiger partial charge in [-0.05, 0) is 11.6 Å². The summed E-state index contributed by atoms with van der Waals surface area (Å²) in [6, 6.07) is 0. The first kappa shape index (κ1) is 7.72. The highest BCUT2D eigenvalue weighted by Crippen LogP contribution is 1.92. The molecule has 1 unspecified atom stereocenters. The summed E-state index contributed by atoms with van der Waals surface area (Å²) in [7, 11) is 0. The summed E-state index contributed by atoms with van der Waals surface area (Å²) in [6.07, 6.45) is 0.927. The SMILES string of the molecule is N=CC(Cl)N=C(N)Cl. The number of aliphatic imine (C=N–C) groups is 1. The molecule has 46 valence electrons. The minimum absolute atomic E-state index is 0.131. The van der Waals surface area contributed by atoms with Gasteiger partial charge in [-0.3, -0.25) is 0 Å². The monoisotopic (exact) mass is 153 g/mol. The highest BCUT2D eigenvalue weighted by Gasteiger charge is 1.92. The summed E-state index contributed by atoms with van der Waals surface area (Å²) >= 11 is 10.4. The molecule has 0 bridgehead atoms. The fourth-order valence-corrected chi connectivity index (χ4v) is 0.415. The van der Waals surface area contributed by atoms with Crippen LogP contribution in [0.4, 0.5) is 0 Å². The number of halogens is 2. The third-order valence-electron chi connectivity index (χ3n) is 0.384. The van der Waals surface area contributed by atoms with Crippen molar-refractivity contribution in [3.63, 3.8) is 0 Å². The molecule has 0 aliphatic carbocycles. The lowest BCUT2D eigenvalue weighted by atomic mass is 10.7. The number of rotatable bonds is 2. The van der Waals surface area contributed by atoms with E-state index in [0.29, 0.717) is 0 Å². The standard InChI is InChI=1S/C3H5Cl2N3/c4-2(1-6)8-3(5)7/h1-2,6H,(H2,7,8). The maximum atomic E-state index is 6.52. The molecular formula is C3H5Cl2N3. The van der Waals surface area contributed by atoms with Gasteiger partial charge in [-0.25, -0.2) is 4.99 Å². The molecule has 0 fully saturated rings. The molecule has 1 atom stereocenters. The van der Waals surface area contributed by atoms with Crippen molar-refractivity contribution in [2.45, 2.75) is 5.50 Å². The molecule has 0 aliphatic rings. The van der Waals surface area contributed by atoms with Crippen LogP contribution >= 0.6 is 23.2 Å². The lowest BCUT2D eigenvalue weighted by Crippen LogP contribution is -2.06. The zero-order valence-corrected chi connectivity index (χ0v) is 5.45. The molecule has 0 aromatic rings. The van der Waals surface area contributed by atoms with E-state index in [1.54, 1.807) is 0 Å². The number of nitrogens with two attached hydrogens (primary N) is 1. The maximum Gasteiger partial charge on any atom is 0.190 e. The Kier molecular flexibility index (Phi) is 3.56. The topological polar surface area (TPSA) is 62.2 Å². The van der Waals surface area contributed by atoms with Crippen LogP contribution in [0, 0.1) is 5.41 Å². The van der Waals surface area contributed by atoms with E-state index in [2.05, 4.69) is 4.99 Å². The van der Waals surface area contributed by atoms with E-state index in [9.17, 15) is 0 Å². The van der Waals surface area contributed by atoms with Crippen LogP contribution in [0.1, 0.15) is 0 Å². The van der Waals surface area contributed by atoms with Gasteiger partial charge in [0.2, 0.25) is 0 Å². The molecule has 3 N–H and O–H groups in total. The maximum absolute atomic E-state index is 6.52. The van der Waals surface area contributed by atoms with Crippen molar-refractivity contribution in [2.24, 2.45) is 10.7 Å². The summed E-state index contributed by atoms with van der Waals surface area (Å²) in [6.45, 7) is 0. The van der Waals surface area contributed by atoms with Crippen LogP contribution in [0.2, 0.25) is 0 Å². The molecule has 0 rings (SSSR count). The molecule has 3 nitrogen and oxygen atoms in total. The number of amidine groups is 1. The van der Waals surface area contributed by atoms with E-state index in [-0.39, 0.29) is 5.29 Å². The van der Waals surface area contributed by atoms with Gasteiger partial charge < -0.3 is 11.1 Å². The van der Waals surface area contributed by atoms with Gasteiger partial charge in [-0.2, -0.15) is 0 Å². The lowest BCUT2D eigenvalue weighted by Gasteiger charge is -1.90. The van der Waals surface area contributed by atoms with Gasteiger partial charge >= 0.3 is 0 Å². The second-order valence-corrected chi connectivity index (χ2v) is 1.83. The molecule has 0 saturated heterocycles. The van der Waals surface area contributed by atoms with Crippen LogP contribution in [-0.2, 0) is 0 Å². The molecule has 0 radical (unpaired) electrons. The Balaban J connectivity index is 3.68. The third-order valence-corrected chi connectivity index (χ3v) is 0.705. The van der Waals surface area contributed by atoms with E-state index in [1.807, 2.05) is 0 Å². The minimum Gasteiger partial charge on any atom is -0.374 e. The number of alkyl halides is 1. The van der Waals surface area contributed by atoms with Crippen LogP contribution in [-0.4, -0.2) is 17.0 Å². The van der Waals surface area contributed by atoms with Gasteiger partial charge in [0.15, 0.2) is 10.8 Å². The van der Waals surface area contributed by atoms with Crippen molar-refractivity contribution < 1.29 is 0 Å². The first-order valence-corrected chi connectivity index (χ1v) is 2.61. The second-order valence-electron chi connectivity index (χ2n) is 0.991. The Morgan fingerprint density at radius 3 is 2.50 bits per heavy atom. The zero-order valence-electron chi connectivity index (χ0n) is 3.94. The minimum atomic E-state index is -0.729. The molecule has 8 heavy (non-hydrogen) atoms. The Morgan fingerprint density at radius 2 is 2.38 bits per heavy atom. The van der Waals surface area contributed by atoms with Crippen LogP contribution in [0.15, 0.2) is 4.99 Å². The van der Waals surface area contributed by atoms with E-state index in [0.717, 1.165) is 6.21 Å². The highest BCUT2D eigenvalue weighted by molar-refractivity contribution is 6.64. The largest absolute Gasteiger partial charge is 0.374 e. The molecule has 0 saturated carbocycles. The average molecular weight is 154 g/mol. The molecule has 0 amide bonds. The molecule has 0 aromatic carbocycles. The average Bonchev–Trinajstić information content (AvgIpc) is 1.65. The summed E-state index contributed by atoms with van der Waals surface area (Å²) in [5, 5.41) is 6.39. The molecule has 0 spiro atoms. The van der Waals surface area contributed by atoms with Crippen molar-refractivity contribution in [1.29, 1.82) is 5.41 Å². The van der Waals surface area contributed by atoms with Gasteiger partial charge in [0.25, 0.3) is 0 Å². The van der Waals surface area contributed by atoms with Crippen molar-refractivity contribution in [1.82, 2.24) is 0 Å². The van der Waals surface area contributed by atoms with Crippen molar-refractivity contribution in [3.05, 3.63) is 0 Å². The summed E-state index contributed by atoms with van der Waals surface area (Å²) < 4.78 is 0. The molecular weight excluding hydrogens is 149 g/mol. The summed E-state index contributed by atoms with van der Waals surface area (Å²) in [5.41, 5.74) is 4.17. The number of nitrogens with one attached hydrogen (secondary N) is 1. The number of nitrogens with zero attached hydrogens (tertiary/aromatic N) is 1. The van der Waals surface area contributed by atoms with Crippen LogP contribution in [0.3, 0.4) is 0 Å². The fraction of sp³-hybridized carbons (Fsp3) is 0.333. The van der Waals surface area contributed by atoms with E-state index >= 15 is 0 Å². The predicted molar refractivity (Wildman–Crippen MR) is 35.9 cm³/mol. The Morgan fingerprint density at radius 1 is 1.88 bits per heavy atom. The number of hydrogen-bond acceptors (Lipinski definition) is 2. The third kappa shape index (κ3) is 3.89. The summed E-state index contributed by atoms with van der Waals surface area (Å²) in [4.78, 5) is 3.38. The Labute approximate surface area is 57.0 Å². The molecule has 0 heterocycles. The Hall–Kier alpha value is -0.280. The molecule has 0 aromatic heterocycles. The van der Waals surface area contributed by atoms with Crippen molar-refractivity contribution in [2.75, 3.05) is 0 Å². The van der Waals surface area contributed by atoms with E-state index in [4.69, 9.17) is 34.3 Å². The first-order chi connectivity index (χ1) is 3.66. The number of hydrogen-bond donors (Lipinski definition) is 2. The van der Waals surface area contributed by atoms with Crippen LogP contribution in [0.25, 0.3) is 0 Å². The van der Waals surface area contributed by atoms with E-state index in [1.165, 1.54) is 0 Å². The van der Waals surface area contributed by atoms with Gasteiger partial charge in [0.1, 0.15) is 0 Å². The lowest BCUT2D eigenvalue weighted by molar-refractivity contribution is 1.20. The zero-order chi connectivity index (χ0) is 6.57.